The number of hydrogen-bond acceptors (Lipinski definition) is 17. The molecule has 0 saturated heterocycles. The van der Waals surface area contributed by atoms with Crippen LogP contribution in [-0.2, 0) is 73.5 Å². The molecule has 476 valence electrons. The third-order valence-corrected chi connectivity index (χ3v) is 14.1. The molecule has 1 aromatic carbocycles. The lowest BCUT2D eigenvalue weighted by molar-refractivity contribution is -0.143. The lowest BCUT2D eigenvalue weighted by atomic mass is 9.94. The molecule has 0 saturated carbocycles. The molecule has 0 heterocycles. The predicted molar refractivity (Wildman–Crippen MR) is 306 cm³/mol. The van der Waals surface area contributed by atoms with Crippen LogP contribution >= 0.6 is 11.8 Å². The van der Waals surface area contributed by atoms with Gasteiger partial charge in [-0.25, -0.2) is 4.79 Å². The number of nitrogens with one attached hydrogen (secondary N) is 9. The Bertz CT molecular complexity index is 2470. The molecule has 10 amide bonds. The summed E-state index contributed by atoms with van der Waals surface area (Å²) in [7, 11) is 0. The maximum absolute atomic E-state index is 14.4. The molecule has 0 fully saturated rings. The number of carboxylic acid groups (broad SMARTS) is 4. The lowest BCUT2D eigenvalue weighted by Gasteiger charge is -2.31. The Labute approximate surface area is 496 Å². The average molecular weight is 1220 g/mol. The normalized spacial score (nSPS) is 15.3. The highest BCUT2D eigenvalue weighted by atomic mass is 32.2. The first-order valence-corrected chi connectivity index (χ1v) is 29.1. The largest absolute Gasteiger partial charge is 0.481 e. The molecule has 0 spiro atoms. The zero-order chi connectivity index (χ0) is 64.7. The van der Waals surface area contributed by atoms with Crippen LogP contribution in [0.15, 0.2) is 30.3 Å². The highest BCUT2D eigenvalue weighted by Crippen LogP contribution is 2.15. The number of carbonyl (C=O) groups is 14. The second-order valence-corrected chi connectivity index (χ2v) is 21.9. The monoisotopic (exact) mass is 1220 g/mol. The van der Waals surface area contributed by atoms with E-state index in [2.05, 4.69) is 47.9 Å². The van der Waals surface area contributed by atoms with Gasteiger partial charge in [0.25, 0.3) is 0 Å². The van der Waals surface area contributed by atoms with Crippen LogP contribution in [0.2, 0.25) is 0 Å². The molecular formula is C54H85N11O19S. The van der Waals surface area contributed by atoms with Gasteiger partial charge in [-0.2, -0.15) is 11.8 Å². The molecule has 0 radical (unpaired) electrons. The van der Waals surface area contributed by atoms with E-state index >= 15 is 0 Å². The maximum Gasteiger partial charge on any atom is 0.326 e. The van der Waals surface area contributed by atoms with E-state index in [9.17, 15) is 87.5 Å². The predicted octanol–water partition coefficient (Wildman–Crippen LogP) is -2.64. The van der Waals surface area contributed by atoms with Crippen LogP contribution in [0.25, 0.3) is 0 Å². The summed E-state index contributed by atoms with van der Waals surface area (Å²) in [4.78, 5) is 183. The van der Waals surface area contributed by atoms with Gasteiger partial charge in [-0.15, -0.1) is 0 Å². The Kier molecular flexibility index (Phi) is 34.3. The minimum absolute atomic E-state index is 0.0264. The summed E-state index contributed by atoms with van der Waals surface area (Å²) in [6, 6.07) is -7.79. The zero-order valence-corrected chi connectivity index (χ0v) is 49.6. The van der Waals surface area contributed by atoms with E-state index in [1.807, 2.05) is 0 Å². The number of carbonyl (C=O) groups excluding carboxylic acids is 10. The summed E-state index contributed by atoms with van der Waals surface area (Å²) in [6.45, 7) is 8.90. The van der Waals surface area contributed by atoms with E-state index in [0.717, 1.165) is 0 Å². The Morgan fingerprint density at radius 3 is 1.34 bits per heavy atom. The van der Waals surface area contributed by atoms with Crippen molar-refractivity contribution in [1.82, 2.24) is 47.9 Å². The molecule has 12 atom stereocenters. The van der Waals surface area contributed by atoms with Crippen molar-refractivity contribution in [3.63, 3.8) is 0 Å². The first kappa shape index (κ1) is 75.1. The second kappa shape index (κ2) is 38.8. The number of thioether (sulfide) groups is 1. The molecule has 30 nitrogen and oxygen atoms in total. The van der Waals surface area contributed by atoms with Crippen molar-refractivity contribution in [2.24, 2.45) is 29.2 Å². The van der Waals surface area contributed by atoms with Gasteiger partial charge in [-0.05, 0) is 67.4 Å². The molecule has 1 rings (SSSR count). The van der Waals surface area contributed by atoms with Gasteiger partial charge < -0.3 is 84.9 Å². The van der Waals surface area contributed by atoms with Crippen molar-refractivity contribution >= 4 is 94.7 Å². The van der Waals surface area contributed by atoms with Crippen LogP contribution in [-0.4, -0.2) is 188 Å². The van der Waals surface area contributed by atoms with Crippen LogP contribution in [0.1, 0.15) is 118 Å². The number of aliphatic carboxylic acids is 4. The van der Waals surface area contributed by atoms with Crippen molar-refractivity contribution < 1.29 is 92.7 Å². The van der Waals surface area contributed by atoms with Gasteiger partial charge >= 0.3 is 23.9 Å². The molecule has 0 aliphatic rings. The molecule has 85 heavy (non-hydrogen) atoms. The van der Waals surface area contributed by atoms with Crippen LogP contribution in [0.3, 0.4) is 0 Å². The van der Waals surface area contributed by atoms with Crippen LogP contribution in [0.5, 0.6) is 0 Å². The molecule has 0 aliphatic heterocycles. The summed E-state index contributed by atoms with van der Waals surface area (Å²) in [5.74, 6) is -17.4. The molecule has 0 aromatic heterocycles. The van der Waals surface area contributed by atoms with E-state index < -0.39 is 194 Å². The second-order valence-electron chi connectivity index (χ2n) is 20.9. The zero-order valence-electron chi connectivity index (χ0n) is 48.8. The van der Waals surface area contributed by atoms with Gasteiger partial charge in [0.15, 0.2) is 0 Å². The third kappa shape index (κ3) is 28.5. The molecule has 0 aliphatic carbocycles. The number of primary amides is 1. The summed E-state index contributed by atoms with van der Waals surface area (Å²) >= 11 is 1.27. The van der Waals surface area contributed by atoms with Crippen molar-refractivity contribution in [3.8, 4) is 0 Å². The van der Waals surface area contributed by atoms with Crippen molar-refractivity contribution in [3.05, 3.63) is 35.9 Å². The Balaban J connectivity index is 3.64. The topological polar surface area (TPSA) is 500 Å². The maximum atomic E-state index is 14.4. The molecular weight excluding hydrogens is 1140 g/mol. The number of aliphatic hydroxyl groups is 1. The van der Waals surface area contributed by atoms with Gasteiger partial charge in [0.2, 0.25) is 59.1 Å². The van der Waals surface area contributed by atoms with Crippen LogP contribution in [0, 0.1) is 17.8 Å². The fourth-order valence-corrected chi connectivity index (χ4v) is 8.61. The number of rotatable bonds is 42. The first-order valence-electron chi connectivity index (χ1n) is 27.7. The smallest absolute Gasteiger partial charge is 0.326 e. The quantitative estimate of drug-likeness (QED) is 0.0318. The SMILES string of the molecule is CC[C@H](C)[C@H](NC(=O)[C@H](CC(=O)O)NC(=O)[C@H](CCC(=O)O)NC(=O)[C@H](Cc1ccccc1)NC(=O)[C@H](CCSC)NC(=O)[C@H](CCC(N)=O)NC(=O)[C@@H](N)CCC(=O)O)C(=O)N[C@H](C(=O)N[C@@H](CO)C(=O)N[C@@H](CC(C)C)C(=O)O)[C@@H](C)CC. The molecule has 0 bridgehead atoms. The number of hydrogen-bond donors (Lipinski definition) is 16. The van der Waals surface area contributed by atoms with E-state index in [1.165, 1.54) is 18.7 Å². The number of aliphatic hydroxyl groups excluding tert-OH is 1. The van der Waals surface area contributed by atoms with Gasteiger partial charge in [-0.3, -0.25) is 62.3 Å². The highest BCUT2D eigenvalue weighted by molar-refractivity contribution is 7.98. The number of carboxylic acids is 4. The first-order chi connectivity index (χ1) is 39.9. The number of nitrogens with two attached hydrogens (primary N) is 2. The Morgan fingerprint density at radius 1 is 0.482 bits per heavy atom. The summed E-state index contributed by atoms with van der Waals surface area (Å²) in [5, 5.41) is 69.9. The average Bonchev–Trinajstić information content (AvgIpc) is 3.40. The molecule has 18 N–H and O–H groups in total. The van der Waals surface area contributed by atoms with Gasteiger partial charge in [0.05, 0.1) is 19.1 Å². The van der Waals surface area contributed by atoms with Gasteiger partial charge in [0, 0.05) is 25.7 Å². The highest BCUT2D eigenvalue weighted by Gasteiger charge is 2.38. The molecule has 0 unspecified atom stereocenters. The molecule has 31 heteroatoms. The van der Waals surface area contributed by atoms with E-state index in [-0.39, 0.29) is 56.6 Å². The Hall–Kier alpha value is -7.93. The fourth-order valence-electron chi connectivity index (χ4n) is 8.14. The van der Waals surface area contributed by atoms with E-state index in [1.54, 1.807) is 71.2 Å². The van der Waals surface area contributed by atoms with Crippen molar-refractivity contribution in [2.75, 3.05) is 18.6 Å². The minimum atomic E-state index is -2.02. The van der Waals surface area contributed by atoms with Crippen LogP contribution in [0.4, 0.5) is 0 Å². The summed E-state index contributed by atoms with van der Waals surface area (Å²) in [6.07, 6.45) is -2.36. The molecule has 1 aromatic rings. The van der Waals surface area contributed by atoms with Crippen LogP contribution < -0.4 is 59.3 Å². The van der Waals surface area contributed by atoms with Crippen molar-refractivity contribution in [2.45, 2.75) is 179 Å². The summed E-state index contributed by atoms with van der Waals surface area (Å²) in [5.41, 5.74) is 11.6. The van der Waals surface area contributed by atoms with Gasteiger partial charge in [0.1, 0.15) is 54.4 Å². The number of benzene rings is 1. The third-order valence-electron chi connectivity index (χ3n) is 13.5. The lowest BCUT2D eigenvalue weighted by Crippen LogP contribution is -2.62. The van der Waals surface area contributed by atoms with Crippen molar-refractivity contribution in [1.29, 1.82) is 0 Å². The van der Waals surface area contributed by atoms with E-state index in [0.29, 0.717) is 5.56 Å². The number of amides is 10. The van der Waals surface area contributed by atoms with E-state index in [4.69, 9.17) is 16.6 Å². The van der Waals surface area contributed by atoms with Gasteiger partial charge in [-0.1, -0.05) is 84.7 Å². The summed E-state index contributed by atoms with van der Waals surface area (Å²) < 4.78 is 0. The Morgan fingerprint density at radius 2 is 0.882 bits per heavy atom. The fraction of sp³-hybridized carbons (Fsp3) is 0.630. The minimum Gasteiger partial charge on any atom is -0.481 e. The standard InChI is InChI=1S/C54H85N11O19S/c1-8-28(5)43(52(81)63-38(26-66)51(80)62-37(54(83)84)23-27(3)4)65-53(82)44(29(6)9-2)64-50(79)36(25-42(72)73)61-47(76)33(17-20-41(70)71)58-49(78)35(24-30-13-11-10-12-14-30)60-48(77)34(21-22-85-7)59-46(75)32(16-18-39(56)67)57-45(74)31(55)15-19-40(68)69/h10-14,27-29,31-38,43-44,66H,8-9,15-26,55H2,1-7H3,(H2,56,67)(H,57,74)(H,58,78)(H,59,75)(H,60,77)(H,61,76)(H,62,80)(H,63,81)(H,64,79)(H,65,82)(H,68,69)(H,70,71)(H,72,73)(H,83,84)/t28-,29-,31-,32-,33-,34-,35-,36-,37-,38-,43-,44-/m0/s1.